The maximum absolute atomic E-state index is 12.0. The largest absolute Gasteiger partial charge is 0.397 e. The molecule has 2 rings (SSSR count). The fourth-order valence-corrected chi connectivity index (χ4v) is 2.70. The number of thiophene rings is 1. The number of nitrogens with zero attached hydrogens (tertiary/aromatic N) is 1. The highest BCUT2D eigenvalue weighted by Crippen LogP contribution is 2.31. The third kappa shape index (κ3) is 3.21. The van der Waals surface area contributed by atoms with Gasteiger partial charge in [0.25, 0.3) is 5.91 Å². The number of hydrogen-bond donors (Lipinski definition) is 2. The monoisotopic (exact) mass is 279 g/mol. The lowest BCUT2D eigenvalue weighted by atomic mass is 10.2. The number of nitrogens with two attached hydrogens (primary N) is 1. The third-order valence-electron chi connectivity index (χ3n) is 2.67. The van der Waals surface area contributed by atoms with Gasteiger partial charge in [-0.2, -0.15) is 0 Å². The molecule has 102 valence electrons. The SMILES string of the molecule is CCOCCCNC(=O)c1sc2ncccc2c1N. The van der Waals surface area contributed by atoms with Crippen LogP contribution in [0, 0.1) is 0 Å². The van der Waals surface area contributed by atoms with E-state index in [1.54, 1.807) is 6.20 Å². The number of fused-ring (bicyclic) bond motifs is 1. The smallest absolute Gasteiger partial charge is 0.263 e. The molecule has 0 aromatic carbocycles. The molecule has 0 radical (unpaired) electrons. The van der Waals surface area contributed by atoms with E-state index in [0.29, 0.717) is 30.3 Å². The Labute approximate surface area is 115 Å². The Morgan fingerprint density at radius 1 is 1.58 bits per heavy atom. The molecular formula is C13H17N3O2S. The summed E-state index contributed by atoms with van der Waals surface area (Å²) in [5.74, 6) is -0.142. The van der Waals surface area contributed by atoms with Crippen molar-refractivity contribution in [1.29, 1.82) is 0 Å². The van der Waals surface area contributed by atoms with Crippen LogP contribution in [0.25, 0.3) is 10.2 Å². The van der Waals surface area contributed by atoms with Crippen molar-refractivity contribution >= 4 is 33.1 Å². The quantitative estimate of drug-likeness (QED) is 0.793. The molecule has 0 atom stereocenters. The molecule has 3 N–H and O–H groups in total. The molecule has 0 aliphatic rings. The first kappa shape index (κ1) is 13.8. The van der Waals surface area contributed by atoms with E-state index in [9.17, 15) is 4.79 Å². The van der Waals surface area contributed by atoms with E-state index in [0.717, 1.165) is 16.6 Å². The summed E-state index contributed by atoms with van der Waals surface area (Å²) in [6.45, 7) is 3.88. The minimum absolute atomic E-state index is 0.142. The highest BCUT2D eigenvalue weighted by molar-refractivity contribution is 7.21. The molecule has 0 aliphatic heterocycles. The van der Waals surface area contributed by atoms with Gasteiger partial charge in [0.15, 0.2) is 0 Å². The first-order valence-corrected chi connectivity index (χ1v) is 7.04. The van der Waals surface area contributed by atoms with Crippen LogP contribution in [0.1, 0.15) is 23.0 Å². The van der Waals surface area contributed by atoms with Crippen LogP contribution in [-0.2, 0) is 4.74 Å². The lowest BCUT2D eigenvalue weighted by molar-refractivity contribution is 0.0949. The number of hydrogen-bond acceptors (Lipinski definition) is 5. The van der Waals surface area contributed by atoms with E-state index < -0.39 is 0 Å². The topological polar surface area (TPSA) is 77.2 Å². The number of anilines is 1. The number of nitrogens with one attached hydrogen (secondary N) is 1. The molecule has 0 spiro atoms. The summed E-state index contributed by atoms with van der Waals surface area (Å²) in [5.41, 5.74) is 6.49. The van der Waals surface area contributed by atoms with Crippen molar-refractivity contribution < 1.29 is 9.53 Å². The highest BCUT2D eigenvalue weighted by Gasteiger charge is 2.16. The van der Waals surface area contributed by atoms with Crippen molar-refractivity contribution in [1.82, 2.24) is 10.3 Å². The average Bonchev–Trinajstić information content (AvgIpc) is 2.76. The Balaban J connectivity index is 1.99. The number of amides is 1. The first-order chi connectivity index (χ1) is 9.24. The van der Waals surface area contributed by atoms with E-state index >= 15 is 0 Å². The zero-order chi connectivity index (χ0) is 13.7. The Morgan fingerprint density at radius 2 is 2.42 bits per heavy atom. The Morgan fingerprint density at radius 3 is 3.16 bits per heavy atom. The molecule has 2 aromatic rings. The van der Waals surface area contributed by atoms with Gasteiger partial charge in [-0.15, -0.1) is 11.3 Å². The van der Waals surface area contributed by atoms with Gasteiger partial charge >= 0.3 is 0 Å². The molecule has 0 fully saturated rings. The number of rotatable bonds is 6. The normalized spacial score (nSPS) is 10.8. The van der Waals surface area contributed by atoms with Gasteiger partial charge in [0.2, 0.25) is 0 Å². The molecule has 1 amide bonds. The van der Waals surface area contributed by atoms with Gasteiger partial charge in [-0.25, -0.2) is 4.98 Å². The maximum atomic E-state index is 12.0. The summed E-state index contributed by atoms with van der Waals surface area (Å²) >= 11 is 1.32. The second kappa shape index (κ2) is 6.49. The minimum atomic E-state index is -0.142. The summed E-state index contributed by atoms with van der Waals surface area (Å²) in [4.78, 5) is 17.5. The molecule has 2 aromatic heterocycles. The molecule has 0 bridgehead atoms. The lowest BCUT2D eigenvalue weighted by Gasteiger charge is -2.04. The van der Waals surface area contributed by atoms with E-state index in [1.165, 1.54) is 11.3 Å². The zero-order valence-corrected chi connectivity index (χ0v) is 11.6. The van der Waals surface area contributed by atoms with Gasteiger partial charge < -0.3 is 15.8 Å². The predicted molar refractivity (Wildman–Crippen MR) is 77.5 cm³/mol. The van der Waals surface area contributed by atoms with Gasteiger partial charge in [0.1, 0.15) is 9.71 Å². The van der Waals surface area contributed by atoms with Crippen molar-refractivity contribution in [3.8, 4) is 0 Å². The fraction of sp³-hybridized carbons (Fsp3) is 0.385. The number of nitrogen functional groups attached to an aromatic ring is 1. The molecule has 2 heterocycles. The van der Waals surface area contributed by atoms with Crippen molar-refractivity contribution in [2.24, 2.45) is 0 Å². The van der Waals surface area contributed by atoms with Gasteiger partial charge in [-0.3, -0.25) is 4.79 Å². The fourth-order valence-electron chi connectivity index (χ4n) is 1.72. The Bertz CT molecular complexity index is 568. The Kier molecular flexibility index (Phi) is 4.70. The van der Waals surface area contributed by atoms with Crippen molar-refractivity contribution in [3.63, 3.8) is 0 Å². The summed E-state index contributed by atoms with van der Waals surface area (Å²) in [7, 11) is 0. The summed E-state index contributed by atoms with van der Waals surface area (Å²) in [6.07, 6.45) is 2.49. The van der Waals surface area contributed by atoms with Crippen LogP contribution in [0.3, 0.4) is 0 Å². The predicted octanol–water partition coefficient (Wildman–Crippen LogP) is 2.03. The van der Waals surface area contributed by atoms with Crippen LogP contribution in [0.5, 0.6) is 0 Å². The molecular weight excluding hydrogens is 262 g/mol. The summed E-state index contributed by atoms with van der Waals surface area (Å²) in [5, 5.41) is 3.68. The van der Waals surface area contributed by atoms with E-state index in [1.807, 2.05) is 19.1 Å². The van der Waals surface area contributed by atoms with Gasteiger partial charge in [-0.1, -0.05) is 0 Å². The number of pyridine rings is 1. The molecule has 0 unspecified atom stereocenters. The number of aromatic nitrogens is 1. The number of ether oxygens (including phenoxy) is 1. The first-order valence-electron chi connectivity index (χ1n) is 6.23. The van der Waals surface area contributed by atoms with E-state index in [-0.39, 0.29) is 5.91 Å². The van der Waals surface area contributed by atoms with Gasteiger partial charge in [0, 0.05) is 31.3 Å². The maximum Gasteiger partial charge on any atom is 0.263 e. The second-order valence-electron chi connectivity index (χ2n) is 4.01. The van der Waals surface area contributed by atoms with Crippen LogP contribution >= 0.6 is 11.3 Å². The van der Waals surface area contributed by atoms with Crippen LogP contribution in [0.4, 0.5) is 5.69 Å². The van der Waals surface area contributed by atoms with Crippen molar-refractivity contribution in [2.75, 3.05) is 25.5 Å². The number of carbonyl (C=O) groups excluding carboxylic acids is 1. The Hall–Kier alpha value is -1.66. The van der Waals surface area contributed by atoms with Crippen molar-refractivity contribution in [2.45, 2.75) is 13.3 Å². The second-order valence-corrected chi connectivity index (χ2v) is 5.01. The molecule has 5 nitrogen and oxygen atoms in total. The standard InChI is InChI=1S/C13H17N3O2S/c1-2-18-8-4-7-15-12(17)11-10(14)9-5-3-6-16-13(9)19-11/h3,5-6H,2,4,7-8,14H2,1H3,(H,15,17). The molecule has 6 heteroatoms. The van der Waals surface area contributed by atoms with Gasteiger partial charge in [0.05, 0.1) is 5.69 Å². The zero-order valence-electron chi connectivity index (χ0n) is 10.8. The van der Waals surface area contributed by atoms with Crippen LogP contribution in [0.2, 0.25) is 0 Å². The molecule has 0 aliphatic carbocycles. The van der Waals surface area contributed by atoms with Crippen LogP contribution in [-0.4, -0.2) is 30.6 Å². The molecule has 0 saturated heterocycles. The molecule has 19 heavy (non-hydrogen) atoms. The van der Waals surface area contributed by atoms with Crippen molar-refractivity contribution in [3.05, 3.63) is 23.2 Å². The highest BCUT2D eigenvalue weighted by atomic mass is 32.1. The number of carbonyl (C=O) groups is 1. The summed E-state index contributed by atoms with van der Waals surface area (Å²) < 4.78 is 5.21. The van der Waals surface area contributed by atoms with Crippen LogP contribution in [0.15, 0.2) is 18.3 Å². The molecule has 0 saturated carbocycles. The van der Waals surface area contributed by atoms with Gasteiger partial charge in [-0.05, 0) is 25.5 Å². The third-order valence-corrected chi connectivity index (χ3v) is 3.79. The summed E-state index contributed by atoms with van der Waals surface area (Å²) in [6, 6.07) is 3.69. The van der Waals surface area contributed by atoms with E-state index in [2.05, 4.69) is 10.3 Å². The average molecular weight is 279 g/mol. The van der Waals surface area contributed by atoms with E-state index in [4.69, 9.17) is 10.5 Å². The lowest BCUT2D eigenvalue weighted by Crippen LogP contribution is -2.25. The minimum Gasteiger partial charge on any atom is -0.397 e. The van der Waals surface area contributed by atoms with Crippen LogP contribution < -0.4 is 11.1 Å².